The third kappa shape index (κ3) is 3.88. The van der Waals surface area contributed by atoms with Crippen molar-refractivity contribution in [3.8, 4) is 0 Å². The van der Waals surface area contributed by atoms with Crippen molar-refractivity contribution < 1.29 is 28.2 Å². The third-order valence-corrected chi connectivity index (χ3v) is 4.25. The van der Waals surface area contributed by atoms with E-state index in [1.807, 2.05) is 0 Å². The van der Waals surface area contributed by atoms with E-state index in [0.29, 0.717) is 13.0 Å². The van der Waals surface area contributed by atoms with Crippen molar-refractivity contribution in [2.75, 3.05) is 20.3 Å². The number of esters is 1. The zero-order valence-corrected chi connectivity index (χ0v) is 14.7. The van der Waals surface area contributed by atoms with Gasteiger partial charge in [0.25, 0.3) is 11.8 Å². The van der Waals surface area contributed by atoms with Crippen molar-refractivity contribution in [1.29, 1.82) is 0 Å². The van der Waals surface area contributed by atoms with Gasteiger partial charge in [0, 0.05) is 25.8 Å². The summed E-state index contributed by atoms with van der Waals surface area (Å²) in [7, 11) is 1.54. The summed E-state index contributed by atoms with van der Waals surface area (Å²) in [6.45, 7) is 0.451. The van der Waals surface area contributed by atoms with Crippen LogP contribution in [0.25, 0.3) is 0 Å². The molecule has 6 nitrogen and oxygen atoms in total. The Balaban J connectivity index is 1.71. The maximum atomic E-state index is 13.6. The summed E-state index contributed by atoms with van der Waals surface area (Å²) in [6.07, 6.45) is 0.527. The van der Waals surface area contributed by atoms with E-state index in [9.17, 15) is 18.8 Å². The molecule has 0 aromatic heterocycles. The number of methoxy groups -OCH3 is 1. The van der Waals surface area contributed by atoms with Crippen molar-refractivity contribution >= 4 is 17.8 Å². The number of ether oxygens (including phenoxy) is 2. The minimum Gasteiger partial charge on any atom is -0.457 e. The second-order valence-electron chi connectivity index (χ2n) is 6.04. The van der Waals surface area contributed by atoms with Gasteiger partial charge in [-0.05, 0) is 30.7 Å². The molecule has 0 unspecified atom stereocenters. The average molecular weight is 371 g/mol. The highest BCUT2D eigenvalue weighted by Gasteiger charge is 2.35. The molecule has 0 spiro atoms. The molecular formula is C20H18FNO5. The number of imide groups is 1. The van der Waals surface area contributed by atoms with Crippen LogP contribution in [0.3, 0.4) is 0 Å². The largest absolute Gasteiger partial charge is 0.457 e. The number of hydrogen-bond acceptors (Lipinski definition) is 5. The van der Waals surface area contributed by atoms with Gasteiger partial charge in [0.1, 0.15) is 12.4 Å². The molecule has 0 saturated heterocycles. The van der Waals surface area contributed by atoms with Crippen LogP contribution >= 0.6 is 0 Å². The maximum Gasteiger partial charge on any atom is 0.338 e. The number of fused-ring (bicyclic) bond motifs is 1. The maximum absolute atomic E-state index is 13.6. The van der Waals surface area contributed by atoms with Gasteiger partial charge >= 0.3 is 5.97 Å². The smallest absolute Gasteiger partial charge is 0.338 e. The summed E-state index contributed by atoms with van der Waals surface area (Å²) in [4.78, 5) is 38.2. The number of rotatable bonds is 7. The number of halogens is 1. The Morgan fingerprint density at radius 3 is 2.56 bits per heavy atom. The number of benzene rings is 2. The molecule has 1 heterocycles. The van der Waals surface area contributed by atoms with Gasteiger partial charge < -0.3 is 9.47 Å². The van der Waals surface area contributed by atoms with Crippen molar-refractivity contribution in [2.45, 2.75) is 13.0 Å². The number of hydrogen-bond donors (Lipinski definition) is 0. The molecule has 3 rings (SSSR count). The molecule has 140 valence electrons. The molecule has 1 aliphatic rings. The second-order valence-corrected chi connectivity index (χ2v) is 6.04. The predicted octanol–water partition coefficient (Wildman–Crippen LogP) is 2.82. The summed E-state index contributed by atoms with van der Waals surface area (Å²) >= 11 is 0. The first-order chi connectivity index (χ1) is 13.0. The molecular weight excluding hydrogens is 353 g/mol. The molecule has 1 aliphatic heterocycles. The Kier molecular flexibility index (Phi) is 5.61. The van der Waals surface area contributed by atoms with Crippen LogP contribution in [0.4, 0.5) is 4.39 Å². The average Bonchev–Trinajstić information content (AvgIpc) is 2.91. The molecule has 27 heavy (non-hydrogen) atoms. The van der Waals surface area contributed by atoms with Crippen molar-refractivity contribution in [2.24, 2.45) is 0 Å². The van der Waals surface area contributed by atoms with Gasteiger partial charge in [-0.1, -0.05) is 18.2 Å². The first-order valence-electron chi connectivity index (χ1n) is 8.42. The van der Waals surface area contributed by atoms with Crippen LogP contribution in [0.1, 0.15) is 43.1 Å². The standard InChI is InChI=1S/C20H18FNO5/c1-26-10-4-9-22-18(23)15-8-7-13(11-16(15)19(22)24)20(25)27-12-14-5-2-3-6-17(14)21/h2-3,5-8,11H,4,9-10,12H2,1H3. The van der Waals surface area contributed by atoms with Crippen molar-refractivity contribution in [1.82, 2.24) is 4.90 Å². The monoisotopic (exact) mass is 371 g/mol. The lowest BCUT2D eigenvalue weighted by Crippen LogP contribution is -2.31. The van der Waals surface area contributed by atoms with Crippen LogP contribution in [0.5, 0.6) is 0 Å². The quantitative estimate of drug-likeness (QED) is 0.425. The first-order valence-corrected chi connectivity index (χ1v) is 8.42. The van der Waals surface area contributed by atoms with Crippen LogP contribution < -0.4 is 0 Å². The molecule has 0 radical (unpaired) electrons. The Bertz CT molecular complexity index is 896. The van der Waals surface area contributed by atoms with Crippen LogP contribution in [-0.4, -0.2) is 42.9 Å². The van der Waals surface area contributed by atoms with E-state index in [2.05, 4.69) is 0 Å². The van der Waals surface area contributed by atoms with Crippen LogP contribution in [-0.2, 0) is 16.1 Å². The minimum absolute atomic E-state index is 0.130. The zero-order chi connectivity index (χ0) is 19.4. The summed E-state index contributed by atoms with van der Waals surface area (Å²) in [5.74, 6) is -2.00. The summed E-state index contributed by atoms with van der Waals surface area (Å²) in [6, 6.07) is 10.2. The topological polar surface area (TPSA) is 72.9 Å². The van der Waals surface area contributed by atoms with Gasteiger partial charge in [0.15, 0.2) is 0 Å². The molecule has 0 bridgehead atoms. The van der Waals surface area contributed by atoms with Gasteiger partial charge in [-0.3, -0.25) is 14.5 Å². The molecule has 2 aromatic rings. The molecule has 2 amide bonds. The summed E-state index contributed by atoms with van der Waals surface area (Å²) < 4.78 is 23.7. The highest BCUT2D eigenvalue weighted by molar-refractivity contribution is 6.21. The first kappa shape index (κ1) is 18.7. The number of nitrogens with zero attached hydrogens (tertiary/aromatic N) is 1. The fraction of sp³-hybridized carbons (Fsp3) is 0.250. The minimum atomic E-state index is -0.695. The Morgan fingerprint density at radius 2 is 1.81 bits per heavy atom. The molecule has 0 saturated carbocycles. The normalized spacial score (nSPS) is 13.0. The lowest BCUT2D eigenvalue weighted by Gasteiger charge is -2.12. The molecule has 0 N–H and O–H groups in total. The molecule has 7 heteroatoms. The van der Waals surface area contributed by atoms with Gasteiger partial charge in [-0.25, -0.2) is 9.18 Å². The molecule has 2 aromatic carbocycles. The highest BCUT2D eigenvalue weighted by Crippen LogP contribution is 2.24. The summed E-state index contributed by atoms with van der Waals surface area (Å²) in [5, 5.41) is 0. The van der Waals surface area contributed by atoms with E-state index >= 15 is 0 Å². The Labute approximate surface area is 155 Å². The van der Waals surface area contributed by atoms with E-state index in [1.54, 1.807) is 19.2 Å². The fourth-order valence-corrected chi connectivity index (χ4v) is 2.83. The van der Waals surface area contributed by atoms with Crippen molar-refractivity contribution in [3.63, 3.8) is 0 Å². The van der Waals surface area contributed by atoms with Gasteiger partial charge in [0.2, 0.25) is 0 Å². The molecule has 0 atom stereocenters. The predicted molar refractivity (Wildman–Crippen MR) is 93.8 cm³/mol. The zero-order valence-electron chi connectivity index (χ0n) is 14.7. The molecule has 0 fully saturated rings. The van der Waals surface area contributed by atoms with Crippen LogP contribution in [0.2, 0.25) is 0 Å². The van der Waals surface area contributed by atoms with Crippen LogP contribution in [0, 0.1) is 5.82 Å². The van der Waals surface area contributed by atoms with Crippen molar-refractivity contribution in [3.05, 3.63) is 70.5 Å². The van der Waals surface area contributed by atoms with Crippen LogP contribution in [0.15, 0.2) is 42.5 Å². The van der Waals surface area contributed by atoms with E-state index < -0.39 is 23.6 Å². The number of carbonyl (C=O) groups excluding carboxylic acids is 3. The van der Waals surface area contributed by atoms with E-state index in [0.717, 1.165) is 4.90 Å². The Morgan fingerprint density at radius 1 is 1.07 bits per heavy atom. The van der Waals surface area contributed by atoms with E-state index in [1.165, 1.54) is 30.3 Å². The van der Waals surface area contributed by atoms with E-state index in [4.69, 9.17) is 9.47 Å². The lowest BCUT2D eigenvalue weighted by atomic mass is 10.1. The molecule has 0 aliphatic carbocycles. The lowest BCUT2D eigenvalue weighted by molar-refractivity contribution is 0.0468. The number of carbonyl (C=O) groups is 3. The Hall–Kier alpha value is -3.06. The third-order valence-electron chi connectivity index (χ3n) is 4.25. The fourth-order valence-electron chi connectivity index (χ4n) is 2.83. The van der Waals surface area contributed by atoms with Gasteiger partial charge in [0.05, 0.1) is 16.7 Å². The second kappa shape index (κ2) is 8.09. The highest BCUT2D eigenvalue weighted by atomic mass is 19.1. The van der Waals surface area contributed by atoms with Gasteiger partial charge in [-0.15, -0.1) is 0 Å². The summed E-state index contributed by atoms with van der Waals surface area (Å²) in [5.41, 5.74) is 0.799. The SMILES string of the molecule is COCCCN1C(=O)c2ccc(C(=O)OCc3ccccc3F)cc2C1=O. The van der Waals surface area contributed by atoms with E-state index in [-0.39, 0.29) is 35.4 Å². The van der Waals surface area contributed by atoms with Gasteiger partial charge in [-0.2, -0.15) is 0 Å². The number of amides is 2.